The first kappa shape index (κ1) is 11.3. The molecule has 0 atom stereocenters. The largest absolute Gasteiger partial charge is 0.430 e. The summed E-state index contributed by atoms with van der Waals surface area (Å²) in [4.78, 5) is 30.0. The van der Waals surface area contributed by atoms with Gasteiger partial charge in [-0.2, -0.15) is 0 Å². The van der Waals surface area contributed by atoms with Crippen LogP contribution in [0.2, 0.25) is 5.15 Å². The lowest BCUT2D eigenvalue weighted by atomic mass is 10.3. The van der Waals surface area contributed by atoms with Crippen LogP contribution in [0.4, 0.5) is 5.82 Å². The Balaban J connectivity index is 2.20. The van der Waals surface area contributed by atoms with Gasteiger partial charge in [-0.1, -0.05) is 11.6 Å². The number of rotatable bonds is 2. The van der Waals surface area contributed by atoms with Gasteiger partial charge in [-0.15, -0.1) is 0 Å². The molecule has 6 nitrogen and oxygen atoms in total. The summed E-state index contributed by atoms with van der Waals surface area (Å²) >= 11 is 5.72. The van der Waals surface area contributed by atoms with Gasteiger partial charge in [0.15, 0.2) is 11.0 Å². The summed E-state index contributed by atoms with van der Waals surface area (Å²) in [5.41, 5.74) is -0.342. The fraction of sp³-hybridized carbons (Fsp3) is 0. The van der Waals surface area contributed by atoms with Crippen molar-refractivity contribution in [1.82, 2.24) is 9.97 Å². The molecule has 0 aliphatic rings. The molecule has 0 aliphatic carbocycles. The van der Waals surface area contributed by atoms with Crippen LogP contribution in [0.15, 0.2) is 40.0 Å². The van der Waals surface area contributed by atoms with Crippen LogP contribution in [0, 0.1) is 0 Å². The van der Waals surface area contributed by atoms with Crippen molar-refractivity contribution in [2.24, 2.45) is 0 Å². The first-order valence-electron chi connectivity index (χ1n) is 4.53. The zero-order valence-corrected chi connectivity index (χ0v) is 9.14. The number of hydrogen-bond acceptors (Lipinski definition) is 5. The summed E-state index contributed by atoms with van der Waals surface area (Å²) in [6.45, 7) is 0. The predicted molar refractivity (Wildman–Crippen MR) is 60.0 cm³/mol. The number of carbonyl (C=O) groups is 1. The number of aromatic nitrogens is 2. The molecule has 17 heavy (non-hydrogen) atoms. The first-order chi connectivity index (χ1) is 8.16. The molecule has 0 spiro atoms. The maximum absolute atomic E-state index is 11.7. The highest BCUT2D eigenvalue weighted by molar-refractivity contribution is 6.32. The lowest BCUT2D eigenvalue weighted by Crippen LogP contribution is -2.14. The molecule has 0 aliphatic heterocycles. The Bertz CT molecular complexity index is 591. The number of nitrogens with one attached hydrogen (secondary N) is 1. The van der Waals surface area contributed by atoms with Crippen molar-refractivity contribution in [3.63, 3.8) is 0 Å². The Morgan fingerprint density at radius 1 is 1.29 bits per heavy atom. The normalized spacial score (nSPS) is 9.94. The monoisotopic (exact) mass is 251 g/mol. The van der Waals surface area contributed by atoms with E-state index in [4.69, 9.17) is 11.6 Å². The number of hydrogen-bond donors (Lipinski definition) is 1. The van der Waals surface area contributed by atoms with E-state index >= 15 is 0 Å². The first-order valence-corrected chi connectivity index (χ1v) is 4.91. The molecule has 0 bridgehead atoms. The number of carbonyl (C=O) groups excluding carboxylic acids is 1. The number of halogens is 1. The Morgan fingerprint density at radius 3 is 2.71 bits per heavy atom. The molecule has 0 unspecified atom stereocenters. The van der Waals surface area contributed by atoms with E-state index in [1.54, 1.807) is 0 Å². The van der Waals surface area contributed by atoms with Crippen LogP contribution >= 0.6 is 11.6 Å². The highest BCUT2D eigenvalue weighted by Gasteiger charge is 2.10. The van der Waals surface area contributed by atoms with Gasteiger partial charge in [-0.25, -0.2) is 14.8 Å². The highest BCUT2D eigenvalue weighted by atomic mass is 35.5. The van der Waals surface area contributed by atoms with E-state index in [2.05, 4.69) is 19.7 Å². The molecule has 2 rings (SSSR count). The van der Waals surface area contributed by atoms with Gasteiger partial charge in [0.1, 0.15) is 6.26 Å². The van der Waals surface area contributed by atoms with E-state index in [-0.39, 0.29) is 16.5 Å². The van der Waals surface area contributed by atoms with Crippen LogP contribution < -0.4 is 10.9 Å². The zero-order valence-electron chi connectivity index (χ0n) is 8.38. The van der Waals surface area contributed by atoms with Crippen LogP contribution in [0.3, 0.4) is 0 Å². The van der Waals surface area contributed by atoms with E-state index in [0.29, 0.717) is 0 Å². The van der Waals surface area contributed by atoms with Crippen LogP contribution in [-0.2, 0) is 0 Å². The van der Waals surface area contributed by atoms with E-state index in [1.165, 1.54) is 18.5 Å². The van der Waals surface area contributed by atoms with Crippen LogP contribution in [0.5, 0.6) is 0 Å². The minimum Gasteiger partial charge on any atom is -0.430 e. The summed E-state index contributed by atoms with van der Waals surface area (Å²) < 4.78 is 4.56. The van der Waals surface area contributed by atoms with Crippen LogP contribution in [-0.4, -0.2) is 15.9 Å². The second-order valence-electron chi connectivity index (χ2n) is 2.99. The molecular weight excluding hydrogens is 246 g/mol. The van der Waals surface area contributed by atoms with Gasteiger partial charge in [0.2, 0.25) is 0 Å². The third-order valence-electron chi connectivity index (χ3n) is 1.85. The van der Waals surface area contributed by atoms with Gasteiger partial charge in [0.25, 0.3) is 5.91 Å². The number of nitrogens with zero attached hydrogens (tertiary/aromatic N) is 2. The highest BCUT2D eigenvalue weighted by Crippen LogP contribution is 2.14. The third kappa shape index (κ3) is 2.67. The van der Waals surface area contributed by atoms with Gasteiger partial charge in [0.05, 0.1) is 5.56 Å². The summed E-state index contributed by atoms with van der Waals surface area (Å²) in [6, 6.07) is 2.48. The molecular formula is C10H6ClN3O3. The molecule has 2 aromatic rings. The van der Waals surface area contributed by atoms with Gasteiger partial charge in [-0.05, 0) is 6.07 Å². The zero-order chi connectivity index (χ0) is 12.3. The minimum absolute atomic E-state index is 0.0817. The molecule has 1 amide bonds. The number of anilines is 1. The average molecular weight is 252 g/mol. The Kier molecular flexibility index (Phi) is 3.15. The molecule has 0 fully saturated rings. The van der Waals surface area contributed by atoms with Crippen molar-refractivity contribution in [1.29, 1.82) is 0 Å². The summed E-state index contributed by atoms with van der Waals surface area (Å²) in [6.07, 6.45) is 3.86. The second-order valence-corrected chi connectivity index (χ2v) is 3.35. The molecule has 0 aromatic carbocycles. The molecule has 1 N–H and O–H groups in total. The summed E-state index contributed by atoms with van der Waals surface area (Å²) in [5.74, 6) is -0.346. The van der Waals surface area contributed by atoms with Gasteiger partial charge in [-0.3, -0.25) is 4.79 Å². The smallest absolute Gasteiger partial charge is 0.335 e. The van der Waals surface area contributed by atoms with Crippen molar-refractivity contribution < 1.29 is 9.21 Å². The van der Waals surface area contributed by atoms with Crippen molar-refractivity contribution >= 4 is 23.3 Å². The van der Waals surface area contributed by atoms with Crippen molar-refractivity contribution in [2.75, 3.05) is 5.32 Å². The fourth-order valence-corrected chi connectivity index (χ4v) is 1.22. The Hall–Kier alpha value is -2.21. The van der Waals surface area contributed by atoms with Gasteiger partial charge in [0, 0.05) is 18.5 Å². The molecule has 0 saturated carbocycles. The standard InChI is InChI=1S/C10H6ClN3O3/c11-8-9(13-4-3-12-8)14-10(16)6-1-2-7(15)17-5-6/h1-5H,(H,13,14,16). The van der Waals surface area contributed by atoms with Crippen LogP contribution in [0.1, 0.15) is 10.4 Å². The number of amides is 1. The predicted octanol–water partition coefficient (Wildman–Crippen LogP) is 1.34. The van der Waals surface area contributed by atoms with E-state index in [0.717, 1.165) is 12.3 Å². The van der Waals surface area contributed by atoms with E-state index in [9.17, 15) is 9.59 Å². The SMILES string of the molecule is O=C(Nc1nccnc1Cl)c1ccc(=O)oc1. The van der Waals surface area contributed by atoms with Gasteiger partial charge < -0.3 is 9.73 Å². The average Bonchev–Trinajstić information content (AvgIpc) is 2.33. The van der Waals surface area contributed by atoms with Crippen LogP contribution in [0.25, 0.3) is 0 Å². The van der Waals surface area contributed by atoms with E-state index in [1.807, 2.05) is 0 Å². The molecule has 2 aromatic heterocycles. The molecule has 0 radical (unpaired) electrons. The lowest BCUT2D eigenvalue weighted by molar-refractivity contribution is 0.102. The Labute approximate surface area is 100 Å². The van der Waals surface area contributed by atoms with Crippen molar-refractivity contribution in [2.45, 2.75) is 0 Å². The molecule has 7 heteroatoms. The summed E-state index contributed by atoms with van der Waals surface area (Å²) in [7, 11) is 0. The maximum Gasteiger partial charge on any atom is 0.335 e. The molecule has 2 heterocycles. The molecule has 0 saturated heterocycles. The maximum atomic E-state index is 11.7. The van der Waals surface area contributed by atoms with Gasteiger partial charge >= 0.3 is 5.63 Å². The quantitative estimate of drug-likeness (QED) is 0.870. The third-order valence-corrected chi connectivity index (χ3v) is 2.13. The second kappa shape index (κ2) is 4.75. The van der Waals surface area contributed by atoms with E-state index < -0.39 is 11.5 Å². The van der Waals surface area contributed by atoms with Crippen molar-refractivity contribution in [3.05, 3.63) is 51.9 Å². The lowest BCUT2D eigenvalue weighted by Gasteiger charge is -2.03. The Morgan fingerprint density at radius 2 is 2.06 bits per heavy atom. The topological polar surface area (TPSA) is 85.1 Å². The fourth-order valence-electron chi connectivity index (χ4n) is 1.07. The summed E-state index contributed by atoms with van der Waals surface area (Å²) in [5, 5.41) is 2.52. The van der Waals surface area contributed by atoms with Crippen molar-refractivity contribution in [3.8, 4) is 0 Å². The minimum atomic E-state index is -0.529. The molecule has 86 valence electrons.